The second-order valence-corrected chi connectivity index (χ2v) is 5.92. The minimum Gasteiger partial charge on any atom is -0.377 e. The van der Waals surface area contributed by atoms with Crippen molar-refractivity contribution in [3.63, 3.8) is 0 Å². The molecule has 1 amide bonds. The van der Waals surface area contributed by atoms with Gasteiger partial charge in [0.2, 0.25) is 0 Å². The van der Waals surface area contributed by atoms with Gasteiger partial charge in [0.05, 0.1) is 24.3 Å². The van der Waals surface area contributed by atoms with Gasteiger partial charge in [0.25, 0.3) is 5.91 Å². The van der Waals surface area contributed by atoms with Crippen LogP contribution in [-0.2, 0) is 4.74 Å². The Balaban J connectivity index is 1.73. The maximum absolute atomic E-state index is 13.2. The molecule has 24 heavy (non-hydrogen) atoms. The molecule has 0 unspecified atom stereocenters. The lowest BCUT2D eigenvalue weighted by Crippen LogP contribution is -2.44. The van der Waals surface area contributed by atoms with Crippen LogP contribution in [0.15, 0.2) is 42.7 Å². The van der Waals surface area contributed by atoms with E-state index in [4.69, 9.17) is 4.74 Å². The second kappa shape index (κ2) is 6.05. The van der Waals surface area contributed by atoms with Crippen molar-refractivity contribution in [2.45, 2.75) is 13.0 Å². The first-order valence-electron chi connectivity index (χ1n) is 7.98. The number of nitrogens with one attached hydrogen (secondary N) is 1. The molecule has 1 aromatic carbocycles. The van der Waals surface area contributed by atoms with Crippen molar-refractivity contribution in [3.05, 3.63) is 59.8 Å². The van der Waals surface area contributed by atoms with Crippen molar-refractivity contribution in [1.82, 2.24) is 19.9 Å². The summed E-state index contributed by atoms with van der Waals surface area (Å²) in [5.41, 5.74) is 2.31. The number of benzene rings is 1. The number of ether oxygens (including phenoxy) is 1. The van der Waals surface area contributed by atoms with Crippen LogP contribution >= 0.6 is 0 Å². The highest BCUT2D eigenvalue weighted by Gasteiger charge is 2.32. The number of aromatic nitrogens is 3. The third-order valence-corrected chi connectivity index (χ3v) is 4.29. The number of aromatic amines is 1. The molecule has 1 atom stereocenters. The predicted octanol–water partition coefficient (Wildman–Crippen LogP) is 2.48. The predicted molar refractivity (Wildman–Crippen MR) is 89.7 cm³/mol. The molecule has 122 valence electrons. The Morgan fingerprint density at radius 2 is 2.17 bits per heavy atom. The monoisotopic (exact) mass is 322 g/mol. The SMILES string of the molecule is Cc1cnc([C@@H]2COCCN2C(=O)c2cccc3cccnc23)[nH]1. The summed E-state index contributed by atoms with van der Waals surface area (Å²) < 4.78 is 5.58. The molecule has 0 aliphatic carbocycles. The summed E-state index contributed by atoms with van der Waals surface area (Å²) >= 11 is 0. The zero-order valence-electron chi connectivity index (χ0n) is 13.4. The van der Waals surface area contributed by atoms with Crippen LogP contribution in [0.2, 0.25) is 0 Å². The van der Waals surface area contributed by atoms with Gasteiger partial charge in [-0.3, -0.25) is 9.78 Å². The number of carbonyl (C=O) groups is 1. The van der Waals surface area contributed by atoms with E-state index in [1.54, 1.807) is 12.4 Å². The topological polar surface area (TPSA) is 71.1 Å². The third-order valence-electron chi connectivity index (χ3n) is 4.29. The van der Waals surface area contributed by atoms with Crippen LogP contribution in [0, 0.1) is 6.92 Å². The number of amides is 1. The highest BCUT2D eigenvalue weighted by Crippen LogP contribution is 2.26. The number of imidazole rings is 1. The maximum atomic E-state index is 13.2. The number of aryl methyl sites for hydroxylation is 1. The van der Waals surface area contributed by atoms with Crippen LogP contribution in [0.4, 0.5) is 0 Å². The van der Waals surface area contributed by atoms with E-state index >= 15 is 0 Å². The fraction of sp³-hybridized carbons (Fsp3) is 0.278. The smallest absolute Gasteiger partial charge is 0.256 e. The van der Waals surface area contributed by atoms with Gasteiger partial charge in [0.15, 0.2) is 0 Å². The van der Waals surface area contributed by atoms with Crippen molar-refractivity contribution in [2.75, 3.05) is 19.8 Å². The van der Waals surface area contributed by atoms with Gasteiger partial charge in [-0.15, -0.1) is 0 Å². The van der Waals surface area contributed by atoms with Crippen LogP contribution in [0.5, 0.6) is 0 Å². The summed E-state index contributed by atoms with van der Waals surface area (Å²) in [6, 6.07) is 9.32. The number of hydrogen-bond acceptors (Lipinski definition) is 4. The average molecular weight is 322 g/mol. The first-order chi connectivity index (χ1) is 11.7. The van der Waals surface area contributed by atoms with E-state index in [-0.39, 0.29) is 11.9 Å². The summed E-state index contributed by atoms with van der Waals surface area (Å²) in [6.45, 7) is 3.45. The lowest BCUT2D eigenvalue weighted by molar-refractivity contribution is -0.00491. The molecule has 0 saturated carbocycles. The number of morpholine rings is 1. The number of rotatable bonds is 2. The molecule has 0 bridgehead atoms. The van der Waals surface area contributed by atoms with Crippen molar-refractivity contribution in [3.8, 4) is 0 Å². The van der Waals surface area contributed by atoms with E-state index < -0.39 is 0 Å². The minimum atomic E-state index is -0.209. The number of para-hydroxylation sites is 1. The van der Waals surface area contributed by atoms with E-state index in [2.05, 4.69) is 15.0 Å². The number of pyridine rings is 1. The fourth-order valence-corrected chi connectivity index (χ4v) is 3.11. The Morgan fingerprint density at radius 3 is 3.00 bits per heavy atom. The van der Waals surface area contributed by atoms with E-state index in [1.165, 1.54) is 0 Å². The molecule has 1 aliphatic heterocycles. The zero-order chi connectivity index (χ0) is 16.5. The zero-order valence-corrected chi connectivity index (χ0v) is 13.4. The first kappa shape index (κ1) is 14.8. The van der Waals surface area contributed by atoms with Crippen molar-refractivity contribution in [1.29, 1.82) is 0 Å². The van der Waals surface area contributed by atoms with Crippen LogP contribution < -0.4 is 0 Å². The number of carbonyl (C=O) groups excluding carboxylic acids is 1. The number of fused-ring (bicyclic) bond motifs is 1. The van der Waals surface area contributed by atoms with Crippen molar-refractivity contribution < 1.29 is 9.53 Å². The maximum Gasteiger partial charge on any atom is 0.256 e. The Morgan fingerprint density at radius 1 is 1.29 bits per heavy atom. The third kappa shape index (κ3) is 2.55. The van der Waals surface area contributed by atoms with Crippen molar-refractivity contribution >= 4 is 16.8 Å². The summed E-state index contributed by atoms with van der Waals surface area (Å²) in [5, 5.41) is 0.960. The Kier molecular flexibility index (Phi) is 3.74. The van der Waals surface area contributed by atoms with Gasteiger partial charge in [0, 0.05) is 30.0 Å². The fourth-order valence-electron chi connectivity index (χ4n) is 3.11. The Hall–Kier alpha value is -2.73. The molecule has 6 nitrogen and oxygen atoms in total. The van der Waals surface area contributed by atoms with E-state index in [1.807, 2.05) is 42.2 Å². The summed E-state index contributed by atoms with van der Waals surface area (Å²) in [7, 11) is 0. The molecular weight excluding hydrogens is 304 g/mol. The quantitative estimate of drug-likeness (QED) is 0.787. The second-order valence-electron chi connectivity index (χ2n) is 5.92. The molecule has 3 heterocycles. The summed E-state index contributed by atoms with van der Waals surface area (Å²) in [5.74, 6) is 0.718. The van der Waals surface area contributed by atoms with Crippen LogP contribution in [-0.4, -0.2) is 45.5 Å². The van der Waals surface area contributed by atoms with Gasteiger partial charge in [-0.2, -0.15) is 0 Å². The molecule has 0 spiro atoms. The highest BCUT2D eigenvalue weighted by atomic mass is 16.5. The lowest BCUT2D eigenvalue weighted by Gasteiger charge is -2.34. The molecule has 1 saturated heterocycles. The van der Waals surface area contributed by atoms with Crippen LogP contribution in [0.25, 0.3) is 10.9 Å². The van der Waals surface area contributed by atoms with E-state index in [9.17, 15) is 4.79 Å². The number of nitrogens with zero attached hydrogens (tertiary/aromatic N) is 3. The van der Waals surface area contributed by atoms with Crippen LogP contribution in [0.3, 0.4) is 0 Å². The lowest BCUT2D eigenvalue weighted by atomic mass is 10.1. The van der Waals surface area contributed by atoms with Crippen LogP contribution in [0.1, 0.15) is 27.9 Å². The molecule has 2 aromatic heterocycles. The standard InChI is InChI=1S/C18H18N4O2/c1-12-10-20-17(21-12)15-11-24-9-8-22(15)18(23)14-6-2-4-13-5-3-7-19-16(13)14/h2-7,10,15H,8-9,11H2,1H3,(H,20,21)/t15-/m0/s1. The molecule has 4 rings (SSSR count). The molecule has 1 N–H and O–H groups in total. The van der Waals surface area contributed by atoms with Crippen molar-refractivity contribution in [2.24, 2.45) is 0 Å². The van der Waals surface area contributed by atoms with Gasteiger partial charge in [-0.1, -0.05) is 18.2 Å². The number of hydrogen-bond donors (Lipinski definition) is 1. The molecule has 0 radical (unpaired) electrons. The van der Waals surface area contributed by atoms with Gasteiger partial charge in [-0.25, -0.2) is 4.98 Å². The summed E-state index contributed by atoms with van der Waals surface area (Å²) in [6.07, 6.45) is 3.48. The molecule has 1 aliphatic rings. The largest absolute Gasteiger partial charge is 0.377 e. The summed E-state index contributed by atoms with van der Waals surface area (Å²) in [4.78, 5) is 27.0. The average Bonchev–Trinajstić information content (AvgIpc) is 3.07. The first-order valence-corrected chi connectivity index (χ1v) is 7.98. The van der Waals surface area contributed by atoms with Gasteiger partial charge in [-0.05, 0) is 19.1 Å². The Labute approximate surface area is 139 Å². The Bertz CT molecular complexity index is 884. The van der Waals surface area contributed by atoms with Gasteiger partial charge < -0.3 is 14.6 Å². The van der Waals surface area contributed by atoms with E-state index in [0.717, 1.165) is 22.4 Å². The van der Waals surface area contributed by atoms with E-state index in [0.29, 0.717) is 25.3 Å². The molecular formula is C18H18N4O2. The molecule has 3 aromatic rings. The minimum absolute atomic E-state index is 0.0401. The molecule has 6 heteroatoms. The molecule has 1 fully saturated rings. The van der Waals surface area contributed by atoms with Gasteiger partial charge in [0.1, 0.15) is 11.9 Å². The van der Waals surface area contributed by atoms with Gasteiger partial charge >= 0.3 is 0 Å². The number of H-pyrrole nitrogens is 1. The highest BCUT2D eigenvalue weighted by molar-refractivity contribution is 6.05. The normalized spacial score (nSPS) is 18.0.